The van der Waals surface area contributed by atoms with E-state index in [1.807, 2.05) is 18.2 Å². The van der Waals surface area contributed by atoms with Crippen molar-refractivity contribution in [1.29, 1.82) is 5.26 Å². The van der Waals surface area contributed by atoms with Gasteiger partial charge in [-0.1, -0.05) is 24.3 Å². The van der Waals surface area contributed by atoms with Crippen LogP contribution >= 0.6 is 15.9 Å². The summed E-state index contributed by atoms with van der Waals surface area (Å²) in [6.07, 6.45) is 2.30. The number of halogens is 1. The van der Waals surface area contributed by atoms with Gasteiger partial charge in [0.05, 0.1) is 5.56 Å². The van der Waals surface area contributed by atoms with Gasteiger partial charge in [0, 0.05) is 23.2 Å². The van der Waals surface area contributed by atoms with E-state index in [1.165, 1.54) is 16.8 Å². The highest BCUT2D eigenvalue weighted by Gasteiger charge is 2.15. The molecule has 2 aromatic carbocycles. The second-order valence-electron chi connectivity index (χ2n) is 5.07. The molecule has 100 valence electrons. The second-order valence-corrected chi connectivity index (χ2v) is 5.92. The van der Waals surface area contributed by atoms with E-state index in [1.54, 1.807) is 0 Å². The molecule has 3 rings (SSSR count). The van der Waals surface area contributed by atoms with Gasteiger partial charge in [-0.05, 0) is 58.1 Å². The average Bonchev–Trinajstić information content (AvgIpc) is 2.69. The molecule has 0 aliphatic carbocycles. The molecule has 0 fully saturated rings. The van der Waals surface area contributed by atoms with Crippen molar-refractivity contribution in [1.82, 2.24) is 0 Å². The number of rotatable bonds is 1. The molecule has 0 saturated carbocycles. The first-order chi connectivity index (χ1) is 9.78. The van der Waals surface area contributed by atoms with Crippen molar-refractivity contribution in [3.05, 3.63) is 63.6 Å². The lowest BCUT2D eigenvalue weighted by Gasteiger charge is -2.23. The van der Waals surface area contributed by atoms with E-state index in [-0.39, 0.29) is 0 Å². The highest BCUT2D eigenvalue weighted by molar-refractivity contribution is 9.10. The molecule has 0 radical (unpaired) electrons. The van der Waals surface area contributed by atoms with E-state index < -0.39 is 0 Å². The predicted octanol–water partition coefficient (Wildman–Crippen LogP) is 4.27. The van der Waals surface area contributed by atoms with E-state index in [0.29, 0.717) is 5.56 Å². The minimum Gasteiger partial charge on any atom is -0.367 e. The summed E-state index contributed by atoms with van der Waals surface area (Å²) in [6.45, 7) is 1.99. The summed E-state index contributed by atoms with van der Waals surface area (Å²) >= 11 is 3.48. The summed E-state index contributed by atoms with van der Waals surface area (Å²) in [5.41, 5.74) is 4.73. The Morgan fingerprint density at radius 2 is 1.90 bits per heavy atom. The lowest BCUT2D eigenvalue weighted by molar-refractivity contribution is 0.766. The van der Waals surface area contributed by atoms with E-state index in [9.17, 15) is 0 Å². The highest BCUT2D eigenvalue weighted by atomic mass is 79.9. The second kappa shape index (κ2) is 5.68. The normalized spacial score (nSPS) is 14.3. The standard InChI is InChI=1S/C17H15BrN2/c18-17-10-16(8-7-14(17)11-19)20-9-3-6-13-4-1-2-5-15(13)12-20/h1-2,4-5,7-8,10H,3,6,9,12H2. The number of aryl methyl sites for hydroxylation is 1. The molecule has 1 aliphatic heterocycles. The lowest BCUT2D eigenvalue weighted by atomic mass is 10.0. The largest absolute Gasteiger partial charge is 0.367 e. The molecule has 2 aromatic rings. The Hall–Kier alpha value is -1.79. The molecule has 20 heavy (non-hydrogen) atoms. The molecule has 0 N–H and O–H groups in total. The van der Waals surface area contributed by atoms with Gasteiger partial charge in [0.1, 0.15) is 6.07 Å². The van der Waals surface area contributed by atoms with Gasteiger partial charge in [0.25, 0.3) is 0 Å². The molecular formula is C17H15BrN2. The fourth-order valence-corrected chi connectivity index (χ4v) is 3.17. The molecule has 2 nitrogen and oxygen atoms in total. The zero-order chi connectivity index (χ0) is 13.9. The summed E-state index contributed by atoms with van der Waals surface area (Å²) in [5, 5.41) is 9.00. The number of nitrogens with zero attached hydrogens (tertiary/aromatic N) is 2. The average molecular weight is 327 g/mol. The summed E-state index contributed by atoms with van der Waals surface area (Å²) in [5.74, 6) is 0. The number of hydrogen-bond acceptors (Lipinski definition) is 2. The summed E-state index contributed by atoms with van der Waals surface area (Å²) in [7, 11) is 0. The lowest BCUT2D eigenvalue weighted by Crippen LogP contribution is -2.22. The highest BCUT2D eigenvalue weighted by Crippen LogP contribution is 2.27. The van der Waals surface area contributed by atoms with Gasteiger partial charge < -0.3 is 4.90 Å². The molecule has 0 saturated heterocycles. The number of fused-ring (bicyclic) bond motifs is 1. The maximum absolute atomic E-state index is 9.00. The molecule has 3 heteroatoms. The van der Waals surface area contributed by atoms with Crippen molar-refractivity contribution >= 4 is 21.6 Å². The van der Waals surface area contributed by atoms with Gasteiger partial charge in [-0.3, -0.25) is 0 Å². The Labute approximate surface area is 127 Å². The Bertz CT molecular complexity index is 673. The fourth-order valence-electron chi connectivity index (χ4n) is 2.71. The van der Waals surface area contributed by atoms with Gasteiger partial charge in [0.15, 0.2) is 0 Å². The third-order valence-corrected chi connectivity index (χ3v) is 4.45. The predicted molar refractivity (Wildman–Crippen MR) is 84.7 cm³/mol. The zero-order valence-electron chi connectivity index (χ0n) is 11.1. The Balaban J connectivity index is 1.92. The third-order valence-electron chi connectivity index (χ3n) is 3.79. The Morgan fingerprint density at radius 1 is 1.10 bits per heavy atom. The van der Waals surface area contributed by atoms with Crippen LogP contribution in [0.1, 0.15) is 23.1 Å². The third kappa shape index (κ3) is 2.57. The number of anilines is 1. The molecule has 0 unspecified atom stereocenters. The fraction of sp³-hybridized carbons (Fsp3) is 0.235. The van der Waals surface area contributed by atoms with Crippen molar-refractivity contribution < 1.29 is 0 Å². The van der Waals surface area contributed by atoms with E-state index in [0.717, 1.165) is 30.4 Å². The Kier molecular flexibility index (Phi) is 3.75. The quantitative estimate of drug-likeness (QED) is 0.782. The van der Waals surface area contributed by atoms with Gasteiger partial charge in [0.2, 0.25) is 0 Å². The summed E-state index contributed by atoms with van der Waals surface area (Å²) in [6, 6.07) is 16.8. The van der Waals surface area contributed by atoms with Crippen LogP contribution in [-0.2, 0) is 13.0 Å². The van der Waals surface area contributed by atoms with Crippen LogP contribution in [-0.4, -0.2) is 6.54 Å². The Morgan fingerprint density at radius 3 is 2.65 bits per heavy atom. The van der Waals surface area contributed by atoms with Crippen LogP contribution < -0.4 is 4.90 Å². The molecule has 0 aromatic heterocycles. The first-order valence-electron chi connectivity index (χ1n) is 6.79. The SMILES string of the molecule is N#Cc1ccc(N2CCCc3ccccc3C2)cc1Br. The van der Waals surface area contributed by atoms with Crippen LogP contribution in [0.2, 0.25) is 0 Å². The monoisotopic (exact) mass is 326 g/mol. The molecule has 0 amide bonds. The van der Waals surface area contributed by atoms with Crippen molar-refractivity contribution in [3.63, 3.8) is 0 Å². The smallest absolute Gasteiger partial charge is 0.100 e. The zero-order valence-corrected chi connectivity index (χ0v) is 12.7. The summed E-state index contributed by atoms with van der Waals surface area (Å²) < 4.78 is 0.870. The molecule has 0 spiro atoms. The molecule has 0 atom stereocenters. The van der Waals surface area contributed by atoms with E-state index in [4.69, 9.17) is 5.26 Å². The van der Waals surface area contributed by atoms with Crippen molar-refractivity contribution in [3.8, 4) is 6.07 Å². The minimum absolute atomic E-state index is 0.684. The van der Waals surface area contributed by atoms with Gasteiger partial charge in [-0.25, -0.2) is 0 Å². The minimum atomic E-state index is 0.684. The van der Waals surface area contributed by atoms with Crippen molar-refractivity contribution in [2.75, 3.05) is 11.4 Å². The molecule has 1 aliphatic rings. The van der Waals surface area contributed by atoms with Crippen LogP contribution in [0.15, 0.2) is 46.9 Å². The molecular weight excluding hydrogens is 312 g/mol. The number of nitriles is 1. The van der Waals surface area contributed by atoms with Gasteiger partial charge >= 0.3 is 0 Å². The maximum Gasteiger partial charge on any atom is 0.100 e. The van der Waals surface area contributed by atoms with Crippen molar-refractivity contribution in [2.24, 2.45) is 0 Å². The van der Waals surface area contributed by atoms with Crippen LogP contribution in [0, 0.1) is 11.3 Å². The van der Waals surface area contributed by atoms with Crippen molar-refractivity contribution in [2.45, 2.75) is 19.4 Å². The van der Waals surface area contributed by atoms with E-state index >= 15 is 0 Å². The van der Waals surface area contributed by atoms with Crippen LogP contribution in [0.25, 0.3) is 0 Å². The van der Waals surface area contributed by atoms with Crippen LogP contribution in [0.3, 0.4) is 0 Å². The topological polar surface area (TPSA) is 27.0 Å². The first-order valence-corrected chi connectivity index (χ1v) is 7.58. The van der Waals surface area contributed by atoms with Gasteiger partial charge in [-0.15, -0.1) is 0 Å². The first kappa shape index (κ1) is 13.2. The number of benzene rings is 2. The molecule has 0 bridgehead atoms. The van der Waals surface area contributed by atoms with E-state index in [2.05, 4.69) is 51.2 Å². The maximum atomic E-state index is 9.00. The molecule has 1 heterocycles. The van der Waals surface area contributed by atoms with Crippen LogP contribution in [0.5, 0.6) is 0 Å². The van der Waals surface area contributed by atoms with Gasteiger partial charge in [-0.2, -0.15) is 5.26 Å². The van der Waals surface area contributed by atoms with Crippen LogP contribution in [0.4, 0.5) is 5.69 Å². The number of hydrogen-bond donors (Lipinski definition) is 0. The summed E-state index contributed by atoms with van der Waals surface area (Å²) in [4.78, 5) is 2.39.